The predicted molar refractivity (Wildman–Crippen MR) is 71.4 cm³/mol. The highest BCUT2D eigenvalue weighted by molar-refractivity contribution is 7.90. The minimum Gasteiger partial charge on any atom is -0.490 e. The Kier molecular flexibility index (Phi) is 4.57. The third kappa shape index (κ3) is 3.70. The maximum Gasteiger partial charge on any atom is 0.338 e. The Morgan fingerprint density at radius 3 is 2.26 bits per heavy atom. The molecule has 0 bridgehead atoms. The zero-order valence-corrected chi connectivity index (χ0v) is 12.5. The third-order valence-corrected chi connectivity index (χ3v) is 3.58. The number of rotatable bonds is 4. The topological polar surface area (TPSA) is 69.7 Å². The zero-order valence-electron chi connectivity index (χ0n) is 11.7. The maximum absolute atomic E-state index is 11.8. The van der Waals surface area contributed by atoms with Gasteiger partial charge in [-0.25, -0.2) is 13.2 Å². The monoisotopic (exact) mass is 286 g/mol. The van der Waals surface area contributed by atoms with Gasteiger partial charge in [-0.15, -0.1) is 0 Å². The van der Waals surface area contributed by atoms with Crippen LogP contribution >= 0.6 is 0 Å². The van der Waals surface area contributed by atoms with Crippen molar-refractivity contribution >= 4 is 15.8 Å². The van der Waals surface area contributed by atoms with Gasteiger partial charge in [-0.2, -0.15) is 0 Å². The van der Waals surface area contributed by atoms with Crippen LogP contribution < -0.4 is 4.74 Å². The van der Waals surface area contributed by atoms with E-state index in [9.17, 15) is 13.2 Å². The summed E-state index contributed by atoms with van der Waals surface area (Å²) in [6, 6.07) is 2.84. The van der Waals surface area contributed by atoms with Crippen LogP contribution in [0.4, 0.5) is 0 Å². The zero-order chi connectivity index (χ0) is 14.8. The van der Waals surface area contributed by atoms with Crippen molar-refractivity contribution in [2.45, 2.75) is 31.8 Å². The number of benzene rings is 1. The summed E-state index contributed by atoms with van der Waals surface area (Å²) in [7, 11) is -2.24. The van der Waals surface area contributed by atoms with Gasteiger partial charge in [0, 0.05) is 6.26 Å². The number of hydrogen-bond donors (Lipinski definition) is 0. The molecule has 0 aliphatic carbocycles. The molecule has 1 aromatic carbocycles. The SMILES string of the molecule is COC(=O)c1cc(S(C)(=O)=O)c(OC(C)C)cc1C. The van der Waals surface area contributed by atoms with E-state index in [2.05, 4.69) is 4.74 Å². The molecule has 0 aromatic heterocycles. The van der Waals surface area contributed by atoms with Gasteiger partial charge in [-0.3, -0.25) is 0 Å². The fourth-order valence-corrected chi connectivity index (χ4v) is 2.43. The number of sulfone groups is 1. The molecule has 6 heteroatoms. The van der Waals surface area contributed by atoms with Crippen molar-refractivity contribution in [1.29, 1.82) is 0 Å². The Bertz CT molecular complexity index is 587. The van der Waals surface area contributed by atoms with Gasteiger partial charge in [0.25, 0.3) is 0 Å². The molecule has 0 N–H and O–H groups in total. The van der Waals surface area contributed by atoms with E-state index in [0.29, 0.717) is 5.56 Å². The molecule has 106 valence electrons. The van der Waals surface area contributed by atoms with E-state index in [1.807, 2.05) is 0 Å². The van der Waals surface area contributed by atoms with E-state index in [-0.39, 0.29) is 22.3 Å². The molecule has 0 saturated heterocycles. The Morgan fingerprint density at radius 2 is 1.84 bits per heavy atom. The summed E-state index contributed by atoms with van der Waals surface area (Å²) in [4.78, 5) is 11.6. The predicted octanol–water partition coefficient (Wildman–Crippen LogP) is 1.97. The summed E-state index contributed by atoms with van der Waals surface area (Å²) in [5, 5.41) is 0. The first kappa shape index (κ1) is 15.5. The molecule has 0 aliphatic rings. The van der Waals surface area contributed by atoms with E-state index < -0.39 is 15.8 Å². The van der Waals surface area contributed by atoms with Crippen molar-refractivity contribution in [2.75, 3.05) is 13.4 Å². The lowest BCUT2D eigenvalue weighted by Crippen LogP contribution is -2.12. The first-order valence-electron chi connectivity index (χ1n) is 5.76. The molecule has 5 nitrogen and oxygen atoms in total. The van der Waals surface area contributed by atoms with Crippen molar-refractivity contribution in [2.24, 2.45) is 0 Å². The molecular formula is C13H18O5S. The summed E-state index contributed by atoms with van der Waals surface area (Å²) in [5.41, 5.74) is 0.828. The molecule has 0 heterocycles. The number of carbonyl (C=O) groups excluding carboxylic acids is 1. The molecule has 1 aromatic rings. The number of aryl methyl sites for hydroxylation is 1. The molecule has 0 amide bonds. The van der Waals surface area contributed by atoms with Crippen molar-refractivity contribution in [1.82, 2.24) is 0 Å². The molecular weight excluding hydrogens is 268 g/mol. The van der Waals surface area contributed by atoms with Gasteiger partial charge in [0.1, 0.15) is 10.6 Å². The van der Waals surface area contributed by atoms with Crippen LogP contribution in [0.2, 0.25) is 0 Å². The van der Waals surface area contributed by atoms with Crippen LogP contribution in [0.15, 0.2) is 17.0 Å². The number of methoxy groups -OCH3 is 1. The number of hydrogen-bond acceptors (Lipinski definition) is 5. The fraction of sp³-hybridized carbons (Fsp3) is 0.462. The van der Waals surface area contributed by atoms with E-state index in [4.69, 9.17) is 4.74 Å². The van der Waals surface area contributed by atoms with Crippen molar-refractivity contribution in [3.05, 3.63) is 23.3 Å². The van der Waals surface area contributed by atoms with Crippen LogP contribution in [-0.4, -0.2) is 33.9 Å². The number of carbonyl (C=O) groups is 1. The van der Waals surface area contributed by atoms with E-state index in [0.717, 1.165) is 6.26 Å². The molecule has 0 fully saturated rings. The molecule has 0 aliphatic heterocycles. The van der Waals surface area contributed by atoms with Crippen LogP contribution in [0.3, 0.4) is 0 Å². The molecule has 19 heavy (non-hydrogen) atoms. The van der Waals surface area contributed by atoms with Gasteiger partial charge in [0.2, 0.25) is 0 Å². The second kappa shape index (κ2) is 5.61. The van der Waals surface area contributed by atoms with Crippen molar-refractivity contribution < 1.29 is 22.7 Å². The van der Waals surface area contributed by atoms with E-state index in [1.54, 1.807) is 26.8 Å². The summed E-state index contributed by atoms with van der Waals surface area (Å²) in [6.45, 7) is 5.30. The highest BCUT2D eigenvalue weighted by Crippen LogP contribution is 2.29. The Labute approximate surface area is 113 Å². The summed E-state index contributed by atoms with van der Waals surface area (Å²) in [5.74, 6) is -0.318. The quantitative estimate of drug-likeness (QED) is 0.791. The van der Waals surface area contributed by atoms with Crippen LogP contribution in [0.25, 0.3) is 0 Å². The normalized spacial score (nSPS) is 11.5. The summed E-state index contributed by atoms with van der Waals surface area (Å²) < 4.78 is 33.7. The van der Waals surface area contributed by atoms with Gasteiger partial charge in [0.15, 0.2) is 9.84 Å². The molecule has 0 saturated carbocycles. The lowest BCUT2D eigenvalue weighted by Gasteiger charge is -2.15. The fourth-order valence-electron chi connectivity index (χ4n) is 1.63. The minimum atomic E-state index is -3.49. The van der Waals surface area contributed by atoms with Gasteiger partial charge < -0.3 is 9.47 Å². The van der Waals surface area contributed by atoms with Gasteiger partial charge in [0.05, 0.1) is 18.8 Å². The average Bonchev–Trinajstić information content (AvgIpc) is 2.25. The second-order valence-corrected chi connectivity index (χ2v) is 6.53. The first-order chi connectivity index (χ1) is 8.66. The molecule has 0 unspecified atom stereocenters. The summed E-state index contributed by atoms with van der Waals surface area (Å²) >= 11 is 0. The second-order valence-electron chi connectivity index (χ2n) is 4.54. The summed E-state index contributed by atoms with van der Waals surface area (Å²) in [6.07, 6.45) is 0.912. The lowest BCUT2D eigenvalue weighted by molar-refractivity contribution is 0.0599. The highest BCUT2D eigenvalue weighted by atomic mass is 32.2. The lowest BCUT2D eigenvalue weighted by atomic mass is 10.1. The Morgan fingerprint density at radius 1 is 1.26 bits per heavy atom. The smallest absolute Gasteiger partial charge is 0.338 e. The molecule has 0 radical (unpaired) electrons. The molecule has 1 rings (SSSR count). The molecule has 0 atom stereocenters. The van der Waals surface area contributed by atoms with Crippen LogP contribution in [0, 0.1) is 6.92 Å². The van der Waals surface area contributed by atoms with Crippen molar-refractivity contribution in [3.8, 4) is 5.75 Å². The largest absolute Gasteiger partial charge is 0.490 e. The van der Waals surface area contributed by atoms with E-state index >= 15 is 0 Å². The van der Waals surface area contributed by atoms with Crippen molar-refractivity contribution in [3.63, 3.8) is 0 Å². The average molecular weight is 286 g/mol. The minimum absolute atomic E-state index is 0.00722. The number of ether oxygens (including phenoxy) is 2. The maximum atomic E-state index is 11.8. The standard InChI is InChI=1S/C13H18O5S/c1-8(2)18-11-6-9(3)10(13(14)17-4)7-12(11)19(5,15)16/h6-8H,1-5H3. The van der Waals surface area contributed by atoms with Crippen LogP contribution in [0.5, 0.6) is 5.75 Å². The highest BCUT2D eigenvalue weighted by Gasteiger charge is 2.21. The number of esters is 1. The van der Waals surface area contributed by atoms with Crippen LogP contribution in [-0.2, 0) is 14.6 Å². The Balaban J connectivity index is 3.50. The van der Waals surface area contributed by atoms with Gasteiger partial charge in [-0.05, 0) is 38.5 Å². The molecule has 0 spiro atoms. The van der Waals surface area contributed by atoms with Crippen LogP contribution in [0.1, 0.15) is 29.8 Å². The van der Waals surface area contributed by atoms with Gasteiger partial charge in [-0.1, -0.05) is 0 Å². The van der Waals surface area contributed by atoms with Gasteiger partial charge >= 0.3 is 5.97 Å². The third-order valence-electron chi connectivity index (χ3n) is 2.46. The van der Waals surface area contributed by atoms with E-state index in [1.165, 1.54) is 13.2 Å². The Hall–Kier alpha value is -1.56. The first-order valence-corrected chi connectivity index (χ1v) is 7.65.